The topological polar surface area (TPSA) is 72.2 Å². The zero-order chi connectivity index (χ0) is 19.4. The van der Waals surface area contributed by atoms with Crippen molar-refractivity contribution >= 4 is 33.2 Å². The Hall–Kier alpha value is -1.86. The average Bonchev–Trinajstić information content (AvgIpc) is 3.07. The van der Waals surface area contributed by atoms with E-state index < -0.39 is 10.0 Å². The van der Waals surface area contributed by atoms with Gasteiger partial charge in [0.25, 0.3) is 0 Å². The molecule has 0 radical (unpaired) electrons. The summed E-state index contributed by atoms with van der Waals surface area (Å²) in [4.78, 5) is 4.40. The molecule has 0 aliphatic rings. The van der Waals surface area contributed by atoms with Crippen molar-refractivity contribution < 1.29 is 12.8 Å². The van der Waals surface area contributed by atoms with E-state index in [9.17, 15) is 8.42 Å². The summed E-state index contributed by atoms with van der Waals surface area (Å²) in [6.45, 7) is 2.23. The Bertz CT molecular complexity index is 1030. The highest BCUT2D eigenvalue weighted by atomic mass is 35.5. The molecule has 0 unspecified atom stereocenters. The van der Waals surface area contributed by atoms with Gasteiger partial charge in [0.05, 0.1) is 21.5 Å². The van der Waals surface area contributed by atoms with Crippen LogP contribution >= 0.6 is 23.2 Å². The second kappa shape index (κ2) is 8.44. The van der Waals surface area contributed by atoms with Gasteiger partial charge in [-0.25, -0.2) is 18.1 Å². The van der Waals surface area contributed by atoms with Crippen LogP contribution in [0.1, 0.15) is 16.8 Å². The Balaban J connectivity index is 1.56. The van der Waals surface area contributed by atoms with Gasteiger partial charge >= 0.3 is 0 Å². The number of nitrogens with zero attached hydrogens (tertiary/aromatic N) is 1. The van der Waals surface area contributed by atoms with Gasteiger partial charge in [-0.1, -0.05) is 47.0 Å². The van der Waals surface area contributed by atoms with Crippen molar-refractivity contribution in [2.45, 2.75) is 19.1 Å². The maximum absolute atomic E-state index is 12.2. The number of hydrogen-bond acceptors (Lipinski definition) is 4. The fourth-order valence-corrected chi connectivity index (χ4v) is 3.94. The van der Waals surface area contributed by atoms with E-state index in [-0.39, 0.29) is 12.3 Å². The molecule has 0 atom stereocenters. The van der Waals surface area contributed by atoms with Gasteiger partial charge in [0.2, 0.25) is 15.9 Å². The predicted octanol–water partition coefficient (Wildman–Crippen LogP) is 4.62. The normalized spacial score (nSPS) is 11.7. The van der Waals surface area contributed by atoms with Crippen molar-refractivity contribution in [1.29, 1.82) is 0 Å². The molecule has 0 amide bonds. The number of aromatic nitrogens is 1. The number of nitrogens with one attached hydrogen (secondary N) is 1. The number of hydrogen-bond donors (Lipinski definition) is 1. The number of sulfonamides is 1. The molecule has 5 nitrogen and oxygen atoms in total. The lowest BCUT2D eigenvalue weighted by molar-refractivity contribution is 0.570. The molecule has 0 aliphatic carbocycles. The quantitative estimate of drug-likeness (QED) is 0.600. The van der Waals surface area contributed by atoms with Crippen molar-refractivity contribution in [3.05, 3.63) is 75.6 Å². The average molecular weight is 425 g/mol. The molecule has 0 spiro atoms. The van der Waals surface area contributed by atoms with E-state index in [0.29, 0.717) is 33.6 Å². The number of oxazole rings is 1. The predicted molar refractivity (Wildman–Crippen MR) is 107 cm³/mol. The molecule has 1 heterocycles. The van der Waals surface area contributed by atoms with Crippen LogP contribution in [0.4, 0.5) is 0 Å². The van der Waals surface area contributed by atoms with Crippen LogP contribution in [0.2, 0.25) is 10.0 Å². The number of aryl methyl sites for hydroxylation is 1. The molecule has 0 bridgehead atoms. The van der Waals surface area contributed by atoms with Crippen LogP contribution < -0.4 is 4.72 Å². The molecular formula is C19H18Cl2N2O3S. The highest BCUT2D eigenvalue weighted by Crippen LogP contribution is 2.23. The van der Waals surface area contributed by atoms with Gasteiger partial charge in [-0.2, -0.15) is 0 Å². The molecule has 3 aromatic rings. The van der Waals surface area contributed by atoms with Crippen LogP contribution in [-0.4, -0.2) is 19.9 Å². The second-order valence-corrected chi connectivity index (χ2v) is 8.78. The first-order valence-electron chi connectivity index (χ1n) is 8.25. The fourth-order valence-electron chi connectivity index (χ4n) is 2.48. The molecule has 8 heteroatoms. The Morgan fingerprint density at radius 2 is 1.81 bits per heavy atom. The molecule has 142 valence electrons. The molecular weight excluding hydrogens is 407 g/mol. The third kappa shape index (κ3) is 5.56. The summed E-state index contributed by atoms with van der Waals surface area (Å²) in [7, 11) is -3.49. The van der Waals surface area contributed by atoms with Gasteiger partial charge in [-0.15, -0.1) is 0 Å². The van der Waals surface area contributed by atoms with Crippen LogP contribution in [0, 0.1) is 6.92 Å². The minimum Gasteiger partial charge on any atom is -0.444 e. The Morgan fingerprint density at radius 3 is 2.52 bits per heavy atom. The number of rotatable bonds is 7. The molecule has 0 saturated heterocycles. The lowest BCUT2D eigenvalue weighted by atomic mass is 10.1. The van der Waals surface area contributed by atoms with E-state index in [1.807, 2.05) is 31.2 Å². The van der Waals surface area contributed by atoms with E-state index in [4.69, 9.17) is 27.6 Å². The highest BCUT2D eigenvalue weighted by Gasteiger charge is 2.13. The molecule has 1 N–H and O–H groups in total. The zero-order valence-electron chi connectivity index (χ0n) is 14.6. The fraction of sp³-hybridized carbons (Fsp3) is 0.211. The van der Waals surface area contributed by atoms with Gasteiger partial charge in [0, 0.05) is 18.5 Å². The van der Waals surface area contributed by atoms with Crippen LogP contribution in [0.3, 0.4) is 0 Å². The van der Waals surface area contributed by atoms with Crippen molar-refractivity contribution in [2.24, 2.45) is 0 Å². The van der Waals surface area contributed by atoms with Gasteiger partial charge in [0.1, 0.15) is 6.26 Å². The second-order valence-electron chi connectivity index (χ2n) is 6.16. The minimum absolute atomic E-state index is 0.169. The van der Waals surface area contributed by atoms with Crippen LogP contribution in [0.5, 0.6) is 0 Å². The van der Waals surface area contributed by atoms with E-state index >= 15 is 0 Å². The standard InChI is InChI=1S/C19H18Cl2N2O3S/c1-13-2-5-15(6-3-13)19-23-16(11-26-19)8-9-22-27(24,25)12-14-4-7-17(20)18(21)10-14/h2-7,10-11,22H,8-9,12H2,1H3. The molecule has 0 saturated carbocycles. The van der Waals surface area contributed by atoms with Gasteiger partial charge < -0.3 is 4.42 Å². The summed E-state index contributed by atoms with van der Waals surface area (Å²) >= 11 is 11.8. The van der Waals surface area contributed by atoms with Crippen LogP contribution in [-0.2, 0) is 22.2 Å². The van der Waals surface area contributed by atoms with Crippen LogP contribution in [0.25, 0.3) is 11.5 Å². The molecule has 27 heavy (non-hydrogen) atoms. The van der Waals surface area contributed by atoms with Crippen molar-refractivity contribution in [3.63, 3.8) is 0 Å². The summed E-state index contributed by atoms with van der Waals surface area (Å²) in [5.41, 5.74) is 3.29. The smallest absolute Gasteiger partial charge is 0.226 e. The SMILES string of the molecule is Cc1ccc(-c2nc(CCNS(=O)(=O)Cc3ccc(Cl)c(Cl)c3)co2)cc1. The van der Waals surface area contributed by atoms with Gasteiger partial charge in [-0.05, 0) is 36.8 Å². The van der Waals surface area contributed by atoms with Crippen molar-refractivity contribution in [2.75, 3.05) is 6.54 Å². The third-order valence-electron chi connectivity index (χ3n) is 3.89. The zero-order valence-corrected chi connectivity index (χ0v) is 16.9. The first-order valence-corrected chi connectivity index (χ1v) is 10.7. The van der Waals surface area contributed by atoms with Crippen molar-refractivity contribution in [3.8, 4) is 11.5 Å². The maximum atomic E-state index is 12.2. The van der Waals surface area contributed by atoms with Crippen molar-refractivity contribution in [1.82, 2.24) is 9.71 Å². The molecule has 2 aromatic carbocycles. The molecule has 0 fully saturated rings. The minimum atomic E-state index is -3.49. The Morgan fingerprint density at radius 1 is 1.07 bits per heavy atom. The Kier molecular flexibility index (Phi) is 6.22. The maximum Gasteiger partial charge on any atom is 0.226 e. The monoisotopic (exact) mass is 424 g/mol. The first-order chi connectivity index (χ1) is 12.8. The molecule has 1 aromatic heterocycles. The summed E-state index contributed by atoms with van der Waals surface area (Å²) in [6.07, 6.45) is 1.97. The summed E-state index contributed by atoms with van der Waals surface area (Å²) < 4.78 is 32.5. The highest BCUT2D eigenvalue weighted by molar-refractivity contribution is 7.88. The molecule has 0 aliphatic heterocycles. The van der Waals surface area contributed by atoms with E-state index in [0.717, 1.165) is 11.1 Å². The number of halogens is 2. The van der Waals surface area contributed by atoms with Gasteiger partial charge in [0.15, 0.2) is 0 Å². The summed E-state index contributed by atoms with van der Waals surface area (Å²) in [6, 6.07) is 12.6. The first kappa shape index (κ1) is 19.9. The van der Waals surface area contributed by atoms with E-state index in [1.54, 1.807) is 24.5 Å². The van der Waals surface area contributed by atoms with E-state index in [1.165, 1.54) is 0 Å². The molecule has 3 rings (SSSR count). The lowest BCUT2D eigenvalue weighted by Gasteiger charge is -2.07. The summed E-state index contributed by atoms with van der Waals surface area (Å²) in [5, 5.41) is 0.719. The van der Waals surface area contributed by atoms with Gasteiger partial charge in [-0.3, -0.25) is 0 Å². The largest absolute Gasteiger partial charge is 0.444 e. The third-order valence-corrected chi connectivity index (χ3v) is 5.99. The number of benzene rings is 2. The lowest BCUT2D eigenvalue weighted by Crippen LogP contribution is -2.27. The summed E-state index contributed by atoms with van der Waals surface area (Å²) in [5.74, 6) is 0.348. The van der Waals surface area contributed by atoms with E-state index in [2.05, 4.69) is 9.71 Å². The van der Waals surface area contributed by atoms with Crippen LogP contribution in [0.15, 0.2) is 53.1 Å². The Labute approximate surface area is 168 Å².